The highest BCUT2D eigenvalue weighted by Gasteiger charge is 2.21. The Morgan fingerprint density at radius 2 is 2.05 bits per heavy atom. The predicted molar refractivity (Wildman–Crippen MR) is 88.5 cm³/mol. The third kappa shape index (κ3) is 3.10. The van der Waals surface area contributed by atoms with Gasteiger partial charge in [0.05, 0.1) is 0 Å². The van der Waals surface area contributed by atoms with Crippen LogP contribution in [0.25, 0.3) is 0 Å². The van der Waals surface area contributed by atoms with E-state index in [1.807, 2.05) is 42.2 Å². The lowest BCUT2D eigenvalue weighted by Crippen LogP contribution is -2.39. The van der Waals surface area contributed by atoms with Crippen molar-refractivity contribution in [1.29, 1.82) is 0 Å². The van der Waals surface area contributed by atoms with Crippen LogP contribution in [0.3, 0.4) is 0 Å². The minimum atomic E-state index is -0.0359. The number of urea groups is 1. The van der Waals surface area contributed by atoms with E-state index < -0.39 is 0 Å². The molecule has 3 rings (SSSR count). The molecule has 2 aromatic carbocycles. The number of nitrogens with zero attached hydrogens (tertiary/aromatic N) is 1. The number of benzene rings is 2. The minimum Gasteiger partial charge on any atom is -0.320 e. The van der Waals surface area contributed by atoms with Crippen LogP contribution in [0.15, 0.2) is 46.9 Å². The van der Waals surface area contributed by atoms with Crippen molar-refractivity contribution in [2.45, 2.75) is 19.9 Å². The molecule has 2 amide bonds. The van der Waals surface area contributed by atoms with E-state index in [1.165, 1.54) is 11.1 Å². The molecule has 2 aromatic rings. The summed E-state index contributed by atoms with van der Waals surface area (Å²) in [7, 11) is 0. The fraction of sp³-hybridized carbons (Fsp3) is 0.235. The second-order valence-electron chi connectivity index (χ2n) is 5.35. The second kappa shape index (κ2) is 5.90. The van der Waals surface area contributed by atoms with Gasteiger partial charge in [-0.15, -0.1) is 0 Å². The highest BCUT2D eigenvalue weighted by atomic mass is 79.9. The van der Waals surface area contributed by atoms with E-state index in [2.05, 4.69) is 33.4 Å². The summed E-state index contributed by atoms with van der Waals surface area (Å²) in [5, 5.41) is 2.97. The summed E-state index contributed by atoms with van der Waals surface area (Å²) in [6.07, 6.45) is 0.887. The molecule has 108 valence electrons. The molecule has 0 spiro atoms. The number of nitrogens with one attached hydrogen (secondary N) is 1. The lowest BCUT2D eigenvalue weighted by atomic mass is 10.0. The number of hydrogen-bond acceptors (Lipinski definition) is 1. The van der Waals surface area contributed by atoms with Crippen molar-refractivity contribution in [3.05, 3.63) is 63.6 Å². The van der Waals surface area contributed by atoms with E-state index in [0.717, 1.165) is 28.7 Å². The summed E-state index contributed by atoms with van der Waals surface area (Å²) in [6.45, 7) is 3.42. The van der Waals surface area contributed by atoms with Gasteiger partial charge in [0.25, 0.3) is 0 Å². The summed E-state index contributed by atoms with van der Waals surface area (Å²) in [5.74, 6) is 0. The van der Waals surface area contributed by atoms with Crippen molar-refractivity contribution in [2.24, 2.45) is 0 Å². The first kappa shape index (κ1) is 14.1. The number of carbonyl (C=O) groups is 1. The van der Waals surface area contributed by atoms with Gasteiger partial charge in [0.15, 0.2) is 0 Å². The Kier molecular flexibility index (Phi) is 3.97. The zero-order valence-corrected chi connectivity index (χ0v) is 13.5. The number of aryl methyl sites for hydroxylation is 1. The van der Waals surface area contributed by atoms with Crippen LogP contribution in [-0.4, -0.2) is 17.5 Å². The number of fused-ring (bicyclic) bond motifs is 1. The molecule has 1 aliphatic rings. The quantitative estimate of drug-likeness (QED) is 0.819. The molecule has 0 saturated heterocycles. The van der Waals surface area contributed by atoms with Gasteiger partial charge in [0.2, 0.25) is 0 Å². The molecule has 0 fully saturated rings. The average Bonchev–Trinajstić information content (AvgIpc) is 2.47. The zero-order valence-electron chi connectivity index (χ0n) is 11.9. The molecule has 0 saturated carbocycles. The molecular formula is C17H17BrN2O. The molecule has 0 aliphatic carbocycles. The largest absolute Gasteiger partial charge is 0.322 e. The van der Waals surface area contributed by atoms with Crippen LogP contribution in [0.2, 0.25) is 0 Å². The highest BCUT2D eigenvalue weighted by molar-refractivity contribution is 9.10. The Morgan fingerprint density at radius 1 is 1.24 bits per heavy atom. The average molecular weight is 345 g/mol. The Hall–Kier alpha value is -1.81. The van der Waals surface area contributed by atoms with Crippen molar-refractivity contribution in [1.82, 2.24) is 4.90 Å². The zero-order chi connectivity index (χ0) is 14.8. The number of halogens is 1. The maximum atomic E-state index is 12.4. The third-order valence-corrected chi connectivity index (χ3v) is 4.51. The lowest BCUT2D eigenvalue weighted by Gasteiger charge is -2.29. The molecule has 21 heavy (non-hydrogen) atoms. The lowest BCUT2D eigenvalue weighted by molar-refractivity contribution is 0.206. The maximum Gasteiger partial charge on any atom is 0.322 e. The van der Waals surface area contributed by atoms with Gasteiger partial charge >= 0.3 is 6.03 Å². The number of rotatable bonds is 1. The Bertz CT molecular complexity index is 684. The van der Waals surface area contributed by atoms with Gasteiger partial charge in [-0.05, 0) is 48.2 Å². The fourth-order valence-electron chi connectivity index (χ4n) is 2.66. The molecule has 0 radical (unpaired) electrons. The number of anilines is 1. The Morgan fingerprint density at radius 3 is 2.86 bits per heavy atom. The second-order valence-corrected chi connectivity index (χ2v) is 6.20. The van der Waals surface area contributed by atoms with Crippen molar-refractivity contribution in [2.75, 3.05) is 11.9 Å². The van der Waals surface area contributed by atoms with E-state index in [-0.39, 0.29) is 6.03 Å². The first-order valence-electron chi connectivity index (χ1n) is 7.02. The van der Waals surface area contributed by atoms with Crippen molar-refractivity contribution in [3.8, 4) is 0 Å². The van der Waals surface area contributed by atoms with Crippen LogP contribution in [0, 0.1) is 6.92 Å². The summed E-state index contributed by atoms with van der Waals surface area (Å²) < 4.78 is 1.14. The molecule has 1 N–H and O–H groups in total. The molecule has 1 aliphatic heterocycles. The normalized spacial score (nSPS) is 13.7. The third-order valence-electron chi connectivity index (χ3n) is 3.77. The summed E-state index contributed by atoms with van der Waals surface area (Å²) in [5.41, 5.74) is 4.52. The van der Waals surface area contributed by atoms with Crippen LogP contribution < -0.4 is 5.32 Å². The number of carbonyl (C=O) groups excluding carboxylic acids is 1. The fourth-order valence-corrected chi connectivity index (χ4v) is 3.27. The van der Waals surface area contributed by atoms with Crippen molar-refractivity contribution in [3.63, 3.8) is 0 Å². The van der Waals surface area contributed by atoms with Gasteiger partial charge in [-0.25, -0.2) is 4.79 Å². The van der Waals surface area contributed by atoms with Crippen LogP contribution in [-0.2, 0) is 13.0 Å². The summed E-state index contributed by atoms with van der Waals surface area (Å²) in [4.78, 5) is 14.2. The van der Waals surface area contributed by atoms with Crippen LogP contribution in [0.4, 0.5) is 10.5 Å². The van der Waals surface area contributed by atoms with Crippen LogP contribution >= 0.6 is 15.9 Å². The summed E-state index contributed by atoms with van der Waals surface area (Å²) in [6, 6.07) is 14.0. The van der Waals surface area contributed by atoms with Crippen molar-refractivity contribution < 1.29 is 4.79 Å². The first-order valence-corrected chi connectivity index (χ1v) is 7.81. The predicted octanol–water partition coefficient (Wildman–Crippen LogP) is 4.35. The van der Waals surface area contributed by atoms with E-state index in [0.29, 0.717) is 6.54 Å². The van der Waals surface area contributed by atoms with Gasteiger partial charge < -0.3 is 10.2 Å². The van der Waals surface area contributed by atoms with E-state index in [9.17, 15) is 4.79 Å². The van der Waals surface area contributed by atoms with Gasteiger partial charge in [-0.3, -0.25) is 0 Å². The standard InChI is InChI=1S/C17H17BrN2O/c1-12-4-2-6-14(10-12)19-17(21)20-9-8-15-13(11-20)5-3-7-16(15)18/h2-7,10H,8-9,11H2,1H3,(H,19,21). The van der Waals surface area contributed by atoms with Crippen LogP contribution in [0.1, 0.15) is 16.7 Å². The van der Waals surface area contributed by atoms with E-state index in [4.69, 9.17) is 0 Å². The van der Waals surface area contributed by atoms with Gasteiger partial charge in [0, 0.05) is 23.2 Å². The molecular weight excluding hydrogens is 328 g/mol. The number of hydrogen-bond donors (Lipinski definition) is 1. The monoisotopic (exact) mass is 344 g/mol. The first-order chi connectivity index (χ1) is 10.1. The van der Waals surface area contributed by atoms with Gasteiger partial charge in [-0.2, -0.15) is 0 Å². The van der Waals surface area contributed by atoms with E-state index >= 15 is 0 Å². The van der Waals surface area contributed by atoms with E-state index in [1.54, 1.807) is 0 Å². The maximum absolute atomic E-state index is 12.4. The molecule has 0 aromatic heterocycles. The summed E-state index contributed by atoms with van der Waals surface area (Å²) >= 11 is 3.58. The minimum absolute atomic E-state index is 0.0359. The van der Waals surface area contributed by atoms with Gasteiger partial charge in [0.1, 0.15) is 0 Å². The topological polar surface area (TPSA) is 32.3 Å². The van der Waals surface area contributed by atoms with Gasteiger partial charge in [-0.1, -0.05) is 40.2 Å². The Balaban J connectivity index is 1.72. The van der Waals surface area contributed by atoms with Crippen LogP contribution in [0.5, 0.6) is 0 Å². The Labute approximate surface area is 133 Å². The smallest absolute Gasteiger partial charge is 0.320 e. The molecule has 0 bridgehead atoms. The SMILES string of the molecule is Cc1cccc(NC(=O)N2CCc3c(Br)cccc3C2)c1. The van der Waals surface area contributed by atoms with Crippen molar-refractivity contribution >= 4 is 27.6 Å². The number of amides is 2. The molecule has 1 heterocycles. The highest BCUT2D eigenvalue weighted by Crippen LogP contribution is 2.26. The molecule has 4 heteroatoms. The molecule has 0 unspecified atom stereocenters. The molecule has 0 atom stereocenters. The molecule has 3 nitrogen and oxygen atoms in total.